The van der Waals surface area contributed by atoms with Crippen molar-refractivity contribution in [2.75, 3.05) is 7.11 Å². The molecular weight excluding hydrogens is 290 g/mol. The minimum atomic E-state index is -0.161. The summed E-state index contributed by atoms with van der Waals surface area (Å²) in [5, 5.41) is 0. The van der Waals surface area contributed by atoms with Crippen molar-refractivity contribution in [3.05, 3.63) is 53.9 Å². The number of rotatable bonds is 5. The van der Waals surface area contributed by atoms with Crippen LogP contribution in [0.2, 0.25) is 0 Å². The molecule has 0 amide bonds. The Balaban J connectivity index is 1.73. The number of benzene rings is 1. The molecule has 2 aromatic rings. The maximum Gasteiger partial charge on any atom is 0.314 e. The fraction of sp³-hybridized carbons (Fsp3) is 0.263. The number of hydrogen-bond acceptors (Lipinski definition) is 4. The zero-order chi connectivity index (χ0) is 16.1. The van der Waals surface area contributed by atoms with Crippen molar-refractivity contribution < 1.29 is 14.3 Å². The molecule has 0 N–H and O–H groups in total. The Morgan fingerprint density at radius 1 is 1.17 bits per heavy atom. The zero-order valence-corrected chi connectivity index (χ0v) is 13.1. The molecule has 23 heavy (non-hydrogen) atoms. The van der Waals surface area contributed by atoms with Gasteiger partial charge < -0.3 is 9.47 Å². The number of ether oxygens (including phenoxy) is 2. The van der Waals surface area contributed by atoms with Gasteiger partial charge in [0.2, 0.25) is 0 Å². The van der Waals surface area contributed by atoms with Crippen molar-refractivity contribution in [2.45, 2.75) is 19.3 Å². The molecule has 3 rings (SSSR count). The first-order valence-electron chi connectivity index (χ1n) is 7.75. The summed E-state index contributed by atoms with van der Waals surface area (Å²) in [5.41, 5.74) is 1.84. The first kappa shape index (κ1) is 15.3. The van der Waals surface area contributed by atoms with Gasteiger partial charge in [-0.2, -0.15) is 0 Å². The molecule has 0 bridgehead atoms. The zero-order valence-electron chi connectivity index (χ0n) is 13.1. The second kappa shape index (κ2) is 7.09. The van der Waals surface area contributed by atoms with E-state index in [9.17, 15) is 4.79 Å². The van der Waals surface area contributed by atoms with E-state index in [2.05, 4.69) is 4.98 Å². The molecule has 1 aliphatic carbocycles. The van der Waals surface area contributed by atoms with E-state index in [1.54, 1.807) is 19.4 Å². The van der Waals surface area contributed by atoms with Crippen LogP contribution in [0.3, 0.4) is 0 Å². The van der Waals surface area contributed by atoms with Crippen molar-refractivity contribution >= 4 is 18.1 Å². The fourth-order valence-corrected chi connectivity index (χ4v) is 2.36. The second-order valence-electron chi connectivity index (χ2n) is 5.55. The minimum absolute atomic E-state index is 0.0448. The SMILES string of the molecule is COc1cc(/C=C/c2ccccn2)ccc1OC(=O)C1CCC1. The van der Waals surface area contributed by atoms with Crippen molar-refractivity contribution in [3.8, 4) is 11.5 Å². The molecule has 0 saturated heterocycles. The number of methoxy groups -OCH3 is 1. The Labute approximate surface area is 135 Å². The second-order valence-corrected chi connectivity index (χ2v) is 5.55. The molecule has 0 atom stereocenters. The molecule has 1 heterocycles. The quantitative estimate of drug-likeness (QED) is 0.619. The third-order valence-corrected chi connectivity index (χ3v) is 3.97. The van der Waals surface area contributed by atoms with Crippen LogP contribution in [0.15, 0.2) is 42.6 Å². The largest absolute Gasteiger partial charge is 0.493 e. The summed E-state index contributed by atoms with van der Waals surface area (Å²) in [5.74, 6) is 0.912. The molecule has 118 valence electrons. The average Bonchev–Trinajstić information content (AvgIpc) is 2.53. The third kappa shape index (κ3) is 3.77. The summed E-state index contributed by atoms with van der Waals surface area (Å²) >= 11 is 0. The Morgan fingerprint density at radius 2 is 2.04 bits per heavy atom. The molecule has 0 unspecified atom stereocenters. The molecule has 0 aliphatic heterocycles. The van der Waals surface area contributed by atoms with Gasteiger partial charge in [0.1, 0.15) is 0 Å². The summed E-state index contributed by atoms with van der Waals surface area (Å²) in [6.07, 6.45) is 8.58. The fourth-order valence-electron chi connectivity index (χ4n) is 2.36. The van der Waals surface area contributed by atoms with E-state index in [-0.39, 0.29) is 11.9 Å². The van der Waals surface area contributed by atoms with Gasteiger partial charge in [-0.3, -0.25) is 9.78 Å². The van der Waals surface area contributed by atoms with Crippen LogP contribution in [0, 0.1) is 5.92 Å². The number of carbonyl (C=O) groups is 1. The number of carbonyl (C=O) groups excluding carboxylic acids is 1. The standard InChI is InChI=1S/C19H19NO3/c1-22-18-13-14(8-10-16-7-2-3-12-20-16)9-11-17(18)23-19(21)15-5-4-6-15/h2-3,7-13,15H,4-6H2,1H3/b10-8+. The van der Waals surface area contributed by atoms with Gasteiger partial charge in [-0.1, -0.05) is 24.6 Å². The molecule has 1 fully saturated rings. The van der Waals surface area contributed by atoms with Crippen LogP contribution in [0.25, 0.3) is 12.2 Å². The monoisotopic (exact) mass is 309 g/mol. The first-order valence-corrected chi connectivity index (χ1v) is 7.75. The van der Waals surface area contributed by atoms with Gasteiger partial charge in [0.15, 0.2) is 11.5 Å². The molecule has 0 spiro atoms. The Kier molecular flexibility index (Phi) is 4.71. The highest BCUT2D eigenvalue weighted by molar-refractivity contribution is 5.77. The van der Waals surface area contributed by atoms with Crippen molar-refractivity contribution in [1.82, 2.24) is 4.98 Å². The summed E-state index contributed by atoms with van der Waals surface area (Å²) in [7, 11) is 1.57. The van der Waals surface area contributed by atoms with Gasteiger partial charge >= 0.3 is 5.97 Å². The summed E-state index contributed by atoms with van der Waals surface area (Å²) in [4.78, 5) is 16.2. The molecule has 1 aromatic heterocycles. The predicted octanol–water partition coefficient (Wildman–Crippen LogP) is 3.97. The number of hydrogen-bond donors (Lipinski definition) is 0. The van der Waals surface area contributed by atoms with Gasteiger partial charge in [0.25, 0.3) is 0 Å². The normalized spacial score (nSPS) is 14.5. The van der Waals surface area contributed by atoms with Crippen LogP contribution in [0.4, 0.5) is 0 Å². The molecule has 1 saturated carbocycles. The van der Waals surface area contributed by atoms with Crippen LogP contribution >= 0.6 is 0 Å². The topological polar surface area (TPSA) is 48.4 Å². The number of pyridine rings is 1. The molecule has 0 radical (unpaired) electrons. The van der Waals surface area contributed by atoms with Gasteiger partial charge in [-0.05, 0) is 48.7 Å². The third-order valence-electron chi connectivity index (χ3n) is 3.97. The highest BCUT2D eigenvalue weighted by atomic mass is 16.6. The van der Waals surface area contributed by atoms with Crippen molar-refractivity contribution in [1.29, 1.82) is 0 Å². The minimum Gasteiger partial charge on any atom is -0.493 e. The number of nitrogens with zero attached hydrogens (tertiary/aromatic N) is 1. The first-order chi connectivity index (χ1) is 11.3. The van der Waals surface area contributed by atoms with Gasteiger partial charge in [-0.25, -0.2) is 0 Å². The Morgan fingerprint density at radius 3 is 2.70 bits per heavy atom. The Hall–Kier alpha value is -2.62. The number of esters is 1. The van der Waals surface area contributed by atoms with Gasteiger partial charge in [0.05, 0.1) is 18.7 Å². The van der Waals surface area contributed by atoms with E-state index in [0.29, 0.717) is 11.5 Å². The summed E-state index contributed by atoms with van der Waals surface area (Å²) in [6.45, 7) is 0. The van der Waals surface area contributed by atoms with Crippen LogP contribution in [0.1, 0.15) is 30.5 Å². The van der Waals surface area contributed by atoms with Crippen LogP contribution in [-0.2, 0) is 4.79 Å². The lowest BCUT2D eigenvalue weighted by atomic mass is 9.86. The van der Waals surface area contributed by atoms with E-state index >= 15 is 0 Å². The lowest BCUT2D eigenvalue weighted by Gasteiger charge is -2.23. The van der Waals surface area contributed by atoms with Crippen LogP contribution < -0.4 is 9.47 Å². The van der Waals surface area contributed by atoms with Crippen molar-refractivity contribution in [3.63, 3.8) is 0 Å². The molecular formula is C19H19NO3. The molecule has 4 heteroatoms. The van der Waals surface area contributed by atoms with E-state index in [0.717, 1.165) is 30.5 Å². The average molecular weight is 309 g/mol. The molecule has 1 aromatic carbocycles. The maximum absolute atomic E-state index is 12.0. The van der Waals surface area contributed by atoms with Crippen LogP contribution in [-0.4, -0.2) is 18.1 Å². The van der Waals surface area contributed by atoms with E-state index in [4.69, 9.17) is 9.47 Å². The molecule has 1 aliphatic rings. The highest BCUT2D eigenvalue weighted by Crippen LogP contribution is 2.32. The smallest absolute Gasteiger partial charge is 0.314 e. The maximum atomic E-state index is 12.0. The summed E-state index contributed by atoms with van der Waals surface area (Å²) < 4.78 is 10.8. The van der Waals surface area contributed by atoms with Gasteiger partial charge in [-0.15, -0.1) is 0 Å². The Bertz CT molecular complexity index is 706. The van der Waals surface area contributed by atoms with E-state index in [1.165, 1.54) is 0 Å². The van der Waals surface area contributed by atoms with E-state index in [1.807, 2.05) is 42.5 Å². The van der Waals surface area contributed by atoms with Crippen LogP contribution in [0.5, 0.6) is 11.5 Å². The van der Waals surface area contributed by atoms with Crippen molar-refractivity contribution in [2.24, 2.45) is 5.92 Å². The van der Waals surface area contributed by atoms with Gasteiger partial charge in [0, 0.05) is 6.20 Å². The molecule has 4 nitrogen and oxygen atoms in total. The number of aromatic nitrogens is 1. The predicted molar refractivity (Wildman–Crippen MR) is 89.1 cm³/mol. The lowest BCUT2D eigenvalue weighted by Crippen LogP contribution is -2.26. The van der Waals surface area contributed by atoms with E-state index < -0.39 is 0 Å². The highest BCUT2D eigenvalue weighted by Gasteiger charge is 2.27. The summed E-state index contributed by atoms with van der Waals surface area (Å²) in [6, 6.07) is 11.3. The lowest BCUT2D eigenvalue weighted by molar-refractivity contribution is -0.141.